The molecular formula is C17H23FO4. The summed E-state index contributed by atoms with van der Waals surface area (Å²) in [5.74, 6) is -1.90. The normalized spacial score (nSPS) is 11.4. The molecule has 0 aliphatic rings. The van der Waals surface area contributed by atoms with Crippen molar-refractivity contribution in [1.29, 1.82) is 0 Å². The largest absolute Gasteiger partial charge is 0.465 e. The van der Waals surface area contributed by atoms with Crippen LogP contribution >= 0.6 is 0 Å². The van der Waals surface area contributed by atoms with E-state index in [0.717, 1.165) is 0 Å². The van der Waals surface area contributed by atoms with Gasteiger partial charge in [-0.3, -0.25) is 9.59 Å². The van der Waals surface area contributed by atoms with Gasteiger partial charge in [-0.15, -0.1) is 0 Å². The van der Waals surface area contributed by atoms with E-state index >= 15 is 0 Å². The molecule has 5 heteroatoms. The molecule has 0 unspecified atom stereocenters. The number of carbonyl (C=O) groups is 2. The Bertz CT molecular complexity index is 490. The highest BCUT2D eigenvalue weighted by molar-refractivity contribution is 6.00. The van der Waals surface area contributed by atoms with Gasteiger partial charge >= 0.3 is 11.9 Å². The summed E-state index contributed by atoms with van der Waals surface area (Å²) in [6.45, 7) is 7.28. The van der Waals surface area contributed by atoms with E-state index in [1.165, 1.54) is 12.1 Å². The first kappa shape index (κ1) is 18.1. The lowest BCUT2D eigenvalue weighted by molar-refractivity contribution is -0.176. The Balaban J connectivity index is 3.25. The summed E-state index contributed by atoms with van der Waals surface area (Å²) >= 11 is 0. The van der Waals surface area contributed by atoms with Gasteiger partial charge in [0.05, 0.1) is 13.2 Å². The second-order valence-electron chi connectivity index (χ2n) is 5.37. The van der Waals surface area contributed by atoms with Crippen molar-refractivity contribution in [3.63, 3.8) is 0 Å². The SMILES string of the molecule is CCOC(=O)C(Cc1ccc(F)cc1)(C(=O)OCC)C(C)C. The second kappa shape index (κ2) is 7.92. The van der Waals surface area contributed by atoms with Crippen LogP contribution in [-0.2, 0) is 25.5 Å². The molecule has 0 radical (unpaired) electrons. The van der Waals surface area contributed by atoms with E-state index < -0.39 is 17.4 Å². The zero-order valence-electron chi connectivity index (χ0n) is 13.5. The molecule has 0 N–H and O–H groups in total. The van der Waals surface area contributed by atoms with E-state index in [1.54, 1.807) is 39.8 Å². The van der Waals surface area contributed by atoms with E-state index in [0.29, 0.717) is 5.56 Å². The van der Waals surface area contributed by atoms with Crippen LogP contribution in [-0.4, -0.2) is 25.2 Å². The van der Waals surface area contributed by atoms with Crippen LogP contribution in [0, 0.1) is 17.2 Å². The van der Waals surface area contributed by atoms with E-state index in [1.807, 2.05) is 0 Å². The van der Waals surface area contributed by atoms with Crippen LogP contribution in [0.5, 0.6) is 0 Å². The number of rotatable bonds is 7. The number of hydrogen-bond donors (Lipinski definition) is 0. The molecule has 0 aromatic heterocycles. The zero-order chi connectivity index (χ0) is 16.8. The fraction of sp³-hybridized carbons (Fsp3) is 0.529. The number of benzene rings is 1. The maximum absolute atomic E-state index is 13.1. The summed E-state index contributed by atoms with van der Waals surface area (Å²) in [5.41, 5.74) is -0.750. The fourth-order valence-electron chi connectivity index (χ4n) is 2.35. The Hall–Kier alpha value is -1.91. The van der Waals surface area contributed by atoms with Crippen molar-refractivity contribution in [2.75, 3.05) is 13.2 Å². The van der Waals surface area contributed by atoms with E-state index in [4.69, 9.17) is 9.47 Å². The van der Waals surface area contributed by atoms with Gasteiger partial charge in [0.25, 0.3) is 0 Å². The molecule has 22 heavy (non-hydrogen) atoms. The van der Waals surface area contributed by atoms with Gasteiger partial charge in [0.1, 0.15) is 5.82 Å². The third-order valence-electron chi connectivity index (χ3n) is 3.66. The molecule has 1 aromatic rings. The lowest BCUT2D eigenvalue weighted by Gasteiger charge is -2.32. The van der Waals surface area contributed by atoms with Gasteiger partial charge in [0, 0.05) is 0 Å². The molecule has 0 heterocycles. The van der Waals surface area contributed by atoms with Crippen molar-refractivity contribution in [3.05, 3.63) is 35.6 Å². The molecule has 4 nitrogen and oxygen atoms in total. The molecule has 0 aliphatic heterocycles. The Morgan fingerprint density at radius 3 is 1.86 bits per heavy atom. The highest BCUT2D eigenvalue weighted by atomic mass is 19.1. The molecule has 0 saturated carbocycles. The first-order valence-corrected chi connectivity index (χ1v) is 7.47. The minimum atomic E-state index is -1.43. The molecule has 0 bridgehead atoms. The van der Waals surface area contributed by atoms with Crippen molar-refractivity contribution in [2.24, 2.45) is 11.3 Å². The van der Waals surface area contributed by atoms with Gasteiger partial charge in [-0.05, 0) is 43.9 Å². The lowest BCUT2D eigenvalue weighted by Crippen LogP contribution is -2.48. The molecule has 0 fully saturated rings. The van der Waals surface area contributed by atoms with Gasteiger partial charge < -0.3 is 9.47 Å². The van der Waals surface area contributed by atoms with E-state index in [9.17, 15) is 14.0 Å². The number of carbonyl (C=O) groups excluding carboxylic acids is 2. The monoisotopic (exact) mass is 310 g/mol. The number of esters is 2. The Morgan fingerprint density at radius 2 is 1.50 bits per heavy atom. The summed E-state index contributed by atoms with van der Waals surface area (Å²) in [7, 11) is 0. The van der Waals surface area contributed by atoms with Gasteiger partial charge in [-0.2, -0.15) is 0 Å². The summed E-state index contributed by atoms with van der Waals surface area (Å²) in [5, 5.41) is 0. The summed E-state index contributed by atoms with van der Waals surface area (Å²) in [6, 6.07) is 5.73. The van der Waals surface area contributed by atoms with Crippen LogP contribution in [0.4, 0.5) is 4.39 Å². The predicted octanol–water partition coefficient (Wildman–Crippen LogP) is 3.14. The van der Waals surface area contributed by atoms with Crippen LogP contribution in [0.2, 0.25) is 0 Å². The van der Waals surface area contributed by atoms with Crippen molar-refractivity contribution in [2.45, 2.75) is 34.1 Å². The average molecular weight is 310 g/mol. The third-order valence-corrected chi connectivity index (χ3v) is 3.66. The number of halogens is 1. The molecule has 122 valence electrons. The molecular weight excluding hydrogens is 287 g/mol. The van der Waals surface area contributed by atoms with Crippen molar-refractivity contribution >= 4 is 11.9 Å². The summed E-state index contributed by atoms with van der Waals surface area (Å²) in [4.78, 5) is 25.0. The predicted molar refractivity (Wildman–Crippen MR) is 80.6 cm³/mol. The van der Waals surface area contributed by atoms with E-state index in [-0.39, 0.29) is 31.4 Å². The molecule has 0 atom stereocenters. The third kappa shape index (κ3) is 3.84. The van der Waals surface area contributed by atoms with Gasteiger partial charge in [-0.1, -0.05) is 26.0 Å². The number of ether oxygens (including phenoxy) is 2. The Kier molecular flexibility index (Phi) is 6.53. The number of hydrogen-bond acceptors (Lipinski definition) is 4. The summed E-state index contributed by atoms with van der Waals surface area (Å²) < 4.78 is 23.3. The topological polar surface area (TPSA) is 52.6 Å². The Labute approximate surface area is 130 Å². The molecule has 1 rings (SSSR count). The molecule has 0 saturated heterocycles. The van der Waals surface area contributed by atoms with Crippen LogP contribution in [0.15, 0.2) is 24.3 Å². The van der Waals surface area contributed by atoms with Crippen LogP contribution in [0.1, 0.15) is 33.3 Å². The van der Waals surface area contributed by atoms with Gasteiger partial charge in [-0.25, -0.2) is 4.39 Å². The standard InChI is InChI=1S/C17H23FO4/c1-5-21-15(19)17(12(3)4,16(20)22-6-2)11-13-7-9-14(18)10-8-13/h7-10,12H,5-6,11H2,1-4H3. The molecule has 0 spiro atoms. The minimum absolute atomic E-state index is 0.114. The first-order chi connectivity index (χ1) is 10.4. The zero-order valence-corrected chi connectivity index (χ0v) is 13.5. The fourth-order valence-corrected chi connectivity index (χ4v) is 2.35. The van der Waals surface area contributed by atoms with Crippen molar-refractivity contribution in [1.82, 2.24) is 0 Å². The quantitative estimate of drug-likeness (QED) is 0.573. The van der Waals surface area contributed by atoms with Crippen LogP contribution in [0.25, 0.3) is 0 Å². The average Bonchev–Trinajstić information content (AvgIpc) is 2.46. The van der Waals surface area contributed by atoms with Crippen LogP contribution < -0.4 is 0 Å². The van der Waals surface area contributed by atoms with Crippen molar-refractivity contribution in [3.8, 4) is 0 Å². The molecule has 1 aromatic carbocycles. The van der Waals surface area contributed by atoms with Gasteiger partial charge in [0.2, 0.25) is 0 Å². The highest BCUT2D eigenvalue weighted by Crippen LogP contribution is 2.35. The maximum atomic E-state index is 13.1. The lowest BCUT2D eigenvalue weighted by atomic mass is 9.72. The second-order valence-corrected chi connectivity index (χ2v) is 5.37. The Morgan fingerprint density at radius 1 is 1.05 bits per heavy atom. The molecule has 0 aliphatic carbocycles. The minimum Gasteiger partial charge on any atom is -0.465 e. The van der Waals surface area contributed by atoms with Gasteiger partial charge in [0.15, 0.2) is 5.41 Å². The molecule has 0 amide bonds. The van der Waals surface area contributed by atoms with Crippen molar-refractivity contribution < 1.29 is 23.5 Å². The first-order valence-electron chi connectivity index (χ1n) is 7.47. The smallest absolute Gasteiger partial charge is 0.324 e. The van der Waals surface area contributed by atoms with E-state index in [2.05, 4.69) is 0 Å². The maximum Gasteiger partial charge on any atom is 0.324 e. The summed E-state index contributed by atoms with van der Waals surface area (Å²) in [6.07, 6.45) is 0.114. The van der Waals surface area contributed by atoms with Crippen LogP contribution in [0.3, 0.4) is 0 Å². The highest BCUT2D eigenvalue weighted by Gasteiger charge is 2.51.